The smallest absolute Gasteiger partial charge is 0.360 e. The zero-order valence-electron chi connectivity index (χ0n) is 11.3. The summed E-state index contributed by atoms with van der Waals surface area (Å²) in [6, 6.07) is 0. The maximum atomic E-state index is 11.8. The molecule has 1 unspecified atom stereocenters. The van der Waals surface area contributed by atoms with Gasteiger partial charge >= 0.3 is 11.9 Å². The largest absolute Gasteiger partial charge is 0.442 e. The second-order valence-electron chi connectivity index (χ2n) is 4.47. The van der Waals surface area contributed by atoms with Crippen LogP contribution in [0.2, 0.25) is 0 Å². The summed E-state index contributed by atoms with van der Waals surface area (Å²) < 4.78 is 16.8. The van der Waals surface area contributed by atoms with Crippen LogP contribution in [0.1, 0.15) is 58.3 Å². The van der Waals surface area contributed by atoms with E-state index in [1.165, 1.54) is 0 Å². The first-order valence-electron chi connectivity index (χ1n) is 6.60. The van der Waals surface area contributed by atoms with Gasteiger partial charge in [0.05, 0.1) is 6.67 Å². The zero-order chi connectivity index (χ0) is 14.7. The molecule has 0 aromatic heterocycles. The summed E-state index contributed by atoms with van der Waals surface area (Å²) in [7, 11) is 0. The maximum absolute atomic E-state index is 11.8. The Labute approximate surface area is 118 Å². The molecular weight excluding hydrogens is 275 g/mol. The van der Waals surface area contributed by atoms with E-state index in [9.17, 15) is 19.1 Å². The fourth-order valence-electron chi connectivity index (χ4n) is 1.60. The van der Waals surface area contributed by atoms with Crippen molar-refractivity contribution in [3.8, 4) is 0 Å². The third kappa shape index (κ3) is 9.70. The van der Waals surface area contributed by atoms with E-state index in [-0.39, 0.29) is 19.5 Å². The SMILES string of the molecule is CCC(Cl)(CC([O])=O)OC(=O)CCCCCCCF. The molecule has 0 N–H and O–H groups in total. The molecule has 0 aromatic rings. The van der Waals surface area contributed by atoms with Crippen molar-refractivity contribution in [3.05, 3.63) is 0 Å². The second kappa shape index (κ2) is 10.0. The Morgan fingerprint density at radius 3 is 2.26 bits per heavy atom. The van der Waals surface area contributed by atoms with Crippen LogP contribution in [-0.4, -0.2) is 23.7 Å². The highest BCUT2D eigenvalue weighted by molar-refractivity contribution is 6.24. The van der Waals surface area contributed by atoms with E-state index in [4.69, 9.17) is 16.3 Å². The van der Waals surface area contributed by atoms with Crippen molar-refractivity contribution >= 4 is 23.5 Å². The van der Waals surface area contributed by atoms with E-state index in [1.54, 1.807) is 6.92 Å². The maximum Gasteiger partial charge on any atom is 0.360 e. The summed E-state index contributed by atoms with van der Waals surface area (Å²) in [5.74, 6) is -1.86. The van der Waals surface area contributed by atoms with Crippen molar-refractivity contribution < 1.29 is 23.8 Å². The molecule has 1 radical (unpaired) electrons. The Hall–Kier alpha value is -0.840. The molecule has 1 atom stereocenters. The predicted octanol–water partition coefficient (Wildman–Crippen LogP) is 3.53. The quantitative estimate of drug-likeness (QED) is 0.333. The number of carbonyl (C=O) groups is 2. The van der Waals surface area contributed by atoms with Crippen LogP contribution >= 0.6 is 11.6 Å². The lowest BCUT2D eigenvalue weighted by atomic mass is 10.1. The number of unbranched alkanes of at least 4 members (excludes halogenated alkanes) is 4. The number of halogens is 2. The van der Waals surface area contributed by atoms with Gasteiger partial charge in [0.25, 0.3) is 0 Å². The van der Waals surface area contributed by atoms with Gasteiger partial charge in [0, 0.05) is 6.42 Å². The number of ether oxygens (including phenoxy) is 1. The van der Waals surface area contributed by atoms with Crippen molar-refractivity contribution in [2.75, 3.05) is 6.67 Å². The third-order valence-electron chi connectivity index (χ3n) is 2.75. The van der Waals surface area contributed by atoms with E-state index in [0.717, 1.165) is 19.3 Å². The Morgan fingerprint density at radius 2 is 1.74 bits per heavy atom. The van der Waals surface area contributed by atoms with Crippen LogP contribution in [0.4, 0.5) is 4.39 Å². The van der Waals surface area contributed by atoms with Crippen molar-refractivity contribution in [2.45, 2.75) is 63.4 Å². The normalized spacial score (nSPS) is 13.8. The molecule has 6 heteroatoms. The lowest BCUT2D eigenvalue weighted by Crippen LogP contribution is -2.30. The Morgan fingerprint density at radius 1 is 1.16 bits per heavy atom. The average Bonchev–Trinajstić information content (AvgIpc) is 2.32. The minimum Gasteiger partial charge on any atom is -0.442 e. The molecule has 0 spiro atoms. The standard InChI is InChI=1S/C13H21ClFO4/c1-2-13(14,10-11(16)17)19-12(18)8-6-4-3-5-7-9-15/h2-10H2,1H3. The van der Waals surface area contributed by atoms with Gasteiger partial charge in [0.2, 0.25) is 0 Å². The molecule has 0 aliphatic heterocycles. The summed E-state index contributed by atoms with van der Waals surface area (Å²) >= 11 is 5.89. The molecule has 4 nitrogen and oxygen atoms in total. The van der Waals surface area contributed by atoms with Crippen LogP contribution in [-0.2, 0) is 19.4 Å². The van der Waals surface area contributed by atoms with Gasteiger partial charge in [0.1, 0.15) is 6.42 Å². The Kier molecular flexibility index (Phi) is 9.57. The van der Waals surface area contributed by atoms with Crippen molar-refractivity contribution in [2.24, 2.45) is 0 Å². The lowest BCUT2D eigenvalue weighted by molar-refractivity contribution is -0.158. The highest BCUT2D eigenvalue weighted by atomic mass is 35.5. The Bertz CT molecular complexity index is 286. The van der Waals surface area contributed by atoms with E-state index < -0.39 is 23.4 Å². The number of alkyl halides is 2. The molecule has 0 rings (SSSR count). The molecule has 0 saturated carbocycles. The van der Waals surface area contributed by atoms with Gasteiger partial charge in [-0.25, -0.2) is 9.90 Å². The van der Waals surface area contributed by atoms with E-state index in [2.05, 4.69) is 0 Å². The molecule has 19 heavy (non-hydrogen) atoms. The molecule has 0 heterocycles. The van der Waals surface area contributed by atoms with E-state index in [1.807, 2.05) is 0 Å². The first-order chi connectivity index (χ1) is 8.93. The van der Waals surface area contributed by atoms with Gasteiger partial charge in [-0.05, 0) is 19.3 Å². The van der Waals surface area contributed by atoms with Crippen LogP contribution in [0.25, 0.3) is 0 Å². The minimum absolute atomic E-state index is 0.192. The number of hydrogen-bond acceptors (Lipinski definition) is 3. The monoisotopic (exact) mass is 295 g/mol. The van der Waals surface area contributed by atoms with Gasteiger partial charge in [0.15, 0.2) is 5.06 Å². The molecule has 111 valence electrons. The van der Waals surface area contributed by atoms with E-state index >= 15 is 0 Å². The highest BCUT2D eigenvalue weighted by Crippen LogP contribution is 2.26. The summed E-state index contributed by atoms with van der Waals surface area (Å²) in [6.45, 7) is 1.33. The second-order valence-corrected chi connectivity index (χ2v) is 5.16. The van der Waals surface area contributed by atoms with Crippen LogP contribution in [0.3, 0.4) is 0 Å². The fourth-order valence-corrected chi connectivity index (χ4v) is 1.79. The molecule has 0 saturated heterocycles. The Balaban J connectivity index is 3.85. The van der Waals surface area contributed by atoms with Gasteiger partial charge in [-0.1, -0.05) is 37.8 Å². The van der Waals surface area contributed by atoms with Crippen LogP contribution in [0, 0.1) is 0 Å². The highest BCUT2D eigenvalue weighted by Gasteiger charge is 2.33. The molecule has 0 amide bonds. The third-order valence-corrected chi connectivity index (χ3v) is 3.23. The van der Waals surface area contributed by atoms with Gasteiger partial charge in [-0.15, -0.1) is 0 Å². The molecule has 0 aromatic carbocycles. The van der Waals surface area contributed by atoms with Crippen molar-refractivity contribution in [3.63, 3.8) is 0 Å². The fraction of sp³-hybridized carbons (Fsp3) is 0.846. The molecule has 0 fully saturated rings. The summed E-state index contributed by atoms with van der Waals surface area (Å²) in [6.07, 6.45) is 3.55. The van der Waals surface area contributed by atoms with Crippen LogP contribution < -0.4 is 0 Å². The first kappa shape index (κ1) is 18.2. The summed E-state index contributed by atoms with van der Waals surface area (Å²) in [5.41, 5.74) is 0. The number of hydrogen-bond donors (Lipinski definition) is 0. The number of carbonyl (C=O) groups excluding carboxylic acids is 2. The van der Waals surface area contributed by atoms with Crippen LogP contribution in [0.15, 0.2) is 0 Å². The number of esters is 1. The minimum atomic E-state index is -1.51. The molecule has 0 bridgehead atoms. The average molecular weight is 296 g/mol. The first-order valence-corrected chi connectivity index (χ1v) is 6.98. The van der Waals surface area contributed by atoms with Crippen LogP contribution in [0.5, 0.6) is 0 Å². The summed E-state index contributed by atoms with van der Waals surface area (Å²) in [4.78, 5) is 22.0. The summed E-state index contributed by atoms with van der Waals surface area (Å²) in [5, 5.41) is 8.99. The molecular formula is C13H21ClFO4. The predicted molar refractivity (Wildman–Crippen MR) is 69.0 cm³/mol. The lowest BCUT2D eigenvalue weighted by Gasteiger charge is -2.23. The van der Waals surface area contributed by atoms with Crippen molar-refractivity contribution in [1.82, 2.24) is 0 Å². The van der Waals surface area contributed by atoms with Gasteiger partial charge in [-0.3, -0.25) is 9.18 Å². The molecule has 0 aliphatic rings. The van der Waals surface area contributed by atoms with Crippen molar-refractivity contribution in [1.29, 1.82) is 0 Å². The van der Waals surface area contributed by atoms with E-state index in [0.29, 0.717) is 12.8 Å². The molecule has 0 aliphatic carbocycles. The topological polar surface area (TPSA) is 63.3 Å². The number of rotatable bonds is 11. The van der Waals surface area contributed by atoms with Gasteiger partial charge in [-0.2, -0.15) is 0 Å². The van der Waals surface area contributed by atoms with Gasteiger partial charge < -0.3 is 4.74 Å². The zero-order valence-corrected chi connectivity index (χ0v) is 12.0.